The van der Waals surface area contributed by atoms with Crippen molar-refractivity contribution >= 4 is 12.2 Å². The van der Waals surface area contributed by atoms with Crippen molar-refractivity contribution in [2.45, 2.75) is 26.2 Å². The Hall–Kier alpha value is -3.27. The molecule has 0 fully saturated rings. The molecule has 1 aromatic heterocycles. The van der Waals surface area contributed by atoms with Gasteiger partial charge in [-0.1, -0.05) is 51.1 Å². The Kier molecular flexibility index (Phi) is 5.69. The van der Waals surface area contributed by atoms with Crippen LogP contribution in [0.2, 0.25) is 0 Å². The fourth-order valence-corrected chi connectivity index (χ4v) is 2.69. The molecule has 0 bridgehead atoms. The molecule has 144 valence electrons. The number of hydrogen-bond acceptors (Lipinski definition) is 4. The fraction of sp³-hybridized carbons (Fsp3) is 0.208. The van der Waals surface area contributed by atoms with Crippen molar-refractivity contribution in [1.82, 2.24) is 0 Å². The highest BCUT2D eigenvalue weighted by Crippen LogP contribution is 2.27. The van der Waals surface area contributed by atoms with Crippen molar-refractivity contribution < 1.29 is 13.9 Å². The van der Waals surface area contributed by atoms with Crippen LogP contribution in [-0.4, -0.2) is 7.11 Å². The van der Waals surface area contributed by atoms with Gasteiger partial charge in [-0.05, 0) is 46.9 Å². The van der Waals surface area contributed by atoms with Gasteiger partial charge in [0.05, 0.1) is 13.2 Å². The van der Waals surface area contributed by atoms with E-state index in [4.69, 9.17) is 13.9 Å². The van der Waals surface area contributed by atoms with E-state index in [0.29, 0.717) is 11.5 Å². The SMILES string of the molecule is COc1cc(/C=C/c2cccc(Oc3ccc(C(C)(C)C)cc3)c2)oc(=O)c1. The van der Waals surface area contributed by atoms with E-state index in [0.717, 1.165) is 17.1 Å². The summed E-state index contributed by atoms with van der Waals surface area (Å²) in [5.74, 6) is 2.41. The van der Waals surface area contributed by atoms with Crippen LogP contribution in [-0.2, 0) is 5.41 Å². The van der Waals surface area contributed by atoms with Crippen molar-refractivity contribution in [3.63, 3.8) is 0 Å². The third-order valence-corrected chi connectivity index (χ3v) is 4.25. The largest absolute Gasteiger partial charge is 0.496 e. The lowest BCUT2D eigenvalue weighted by Crippen LogP contribution is -2.10. The Morgan fingerprint density at radius 1 is 0.857 bits per heavy atom. The van der Waals surface area contributed by atoms with E-state index < -0.39 is 5.63 Å². The molecule has 1 heterocycles. The molecule has 0 spiro atoms. The first-order chi connectivity index (χ1) is 13.3. The van der Waals surface area contributed by atoms with Gasteiger partial charge in [0.1, 0.15) is 23.0 Å². The summed E-state index contributed by atoms with van der Waals surface area (Å²) in [5, 5.41) is 0. The van der Waals surface area contributed by atoms with Crippen LogP contribution in [0.4, 0.5) is 0 Å². The highest BCUT2D eigenvalue weighted by molar-refractivity contribution is 5.68. The Balaban J connectivity index is 1.75. The second kappa shape index (κ2) is 8.17. The van der Waals surface area contributed by atoms with Crippen molar-refractivity contribution in [1.29, 1.82) is 0 Å². The Morgan fingerprint density at radius 3 is 2.29 bits per heavy atom. The van der Waals surface area contributed by atoms with Crippen molar-refractivity contribution in [2.24, 2.45) is 0 Å². The summed E-state index contributed by atoms with van der Waals surface area (Å²) in [5.41, 5.74) is 1.85. The normalized spacial score (nSPS) is 11.6. The smallest absolute Gasteiger partial charge is 0.339 e. The second-order valence-corrected chi connectivity index (χ2v) is 7.50. The summed E-state index contributed by atoms with van der Waals surface area (Å²) in [7, 11) is 1.51. The van der Waals surface area contributed by atoms with Crippen LogP contribution in [0.5, 0.6) is 17.2 Å². The van der Waals surface area contributed by atoms with Gasteiger partial charge in [0.15, 0.2) is 0 Å². The van der Waals surface area contributed by atoms with Crippen LogP contribution in [0.25, 0.3) is 12.2 Å². The molecule has 0 saturated heterocycles. The third-order valence-electron chi connectivity index (χ3n) is 4.25. The number of methoxy groups -OCH3 is 1. The first-order valence-corrected chi connectivity index (χ1v) is 9.09. The molecular weight excluding hydrogens is 352 g/mol. The molecule has 0 atom stereocenters. The lowest BCUT2D eigenvalue weighted by Gasteiger charge is -2.19. The molecule has 0 aliphatic rings. The highest BCUT2D eigenvalue weighted by atomic mass is 16.5. The molecule has 4 nitrogen and oxygen atoms in total. The highest BCUT2D eigenvalue weighted by Gasteiger charge is 2.13. The second-order valence-electron chi connectivity index (χ2n) is 7.50. The Morgan fingerprint density at radius 2 is 1.61 bits per heavy atom. The number of hydrogen-bond donors (Lipinski definition) is 0. The fourth-order valence-electron chi connectivity index (χ4n) is 2.69. The minimum Gasteiger partial charge on any atom is -0.496 e. The maximum absolute atomic E-state index is 11.5. The van der Waals surface area contributed by atoms with Crippen LogP contribution in [0.3, 0.4) is 0 Å². The minimum atomic E-state index is -0.449. The number of ether oxygens (including phenoxy) is 2. The zero-order chi connectivity index (χ0) is 20.1. The minimum absolute atomic E-state index is 0.109. The van der Waals surface area contributed by atoms with Gasteiger partial charge in [-0.2, -0.15) is 0 Å². The molecule has 0 N–H and O–H groups in total. The molecule has 0 saturated carbocycles. The standard InChI is InChI=1S/C24H24O4/c1-24(2,3)18-9-12-19(13-10-18)27-20-7-5-6-17(14-20)8-11-21-15-22(26-4)16-23(25)28-21/h5-16H,1-4H3/b11-8+. The summed E-state index contributed by atoms with van der Waals surface area (Å²) < 4.78 is 16.2. The molecular formula is C24H24O4. The lowest BCUT2D eigenvalue weighted by molar-refractivity contribution is 0.400. The summed E-state index contributed by atoms with van der Waals surface area (Å²) in [6, 6.07) is 18.8. The lowest BCUT2D eigenvalue weighted by atomic mass is 9.87. The molecule has 4 heteroatoms. The van der Waals surface area contributed by atoms with Crippen LogP contribution >= 0.6 is 0 Å². The Bertz CT molecular complexity index is 1020. The van der Waals surface area contributed by atoms with E-state index in [9.17, 15) is 4.79 Å². The predicted octanol–water partition coefficient (Wildman–Crippen LogP) is 5.91. The third kappa shape index (κ3) is 5.13. The summed E-state index contributed by atoms with van der Waals surface area (Å²) in [6.45, 7) is 6.55. The quantitative estimate of drug-likeness (QED) is 0.555. The van der Waals surface area contributed by atoms with E-state index in [1.54, 1.807) is 12.1 Å². The first kappa shape index (κ1) is 19.5. The van der Waals surface area contributed by atoms with Crippen LogP contribution in [0.15, 0.2) is 69.9 Å². The topological polar surface area (TPSA) is 48.7 Å². The molecule has 28 heavy (non-hydrogen) atoms. The van der Waals surface area contributed by atoms with Gasteiger partial charge in [0, 0.05) is 6.07 Å². The van der Waals surface area contributed by atoms with E-state index in [-0.39, 0.29) is 5.41 Å². The van der Waals surface area contributed by atoms with Gasteiger partial charge < -0.3 is 13.9 Å². The molecule has 0 aliphatic carbocycles. The number of rotatable bonds is 5. The summed E-state index contributed by atoms with van der Waals surface area (Å²) in [4.78, 5) is 11.5. The summed E-state index contributed by atoms with van der Waals surface area (Å²) in [6.07, 6.45) is 3.58. The van der Waals surface area contributed by atoms with E-state index in [1.807, 2.05) is 42.5 Å². The van der Waals surface area contributed by atoms with Crippen LogP contribution in [0, 0.1) is 0 Å². The van der Waals surface area contributed by atoms with E-state index >= 15 is 0 Å². The van der Waals surface area contributed by atoms with Crippen molar-refractivity contribution in [3.8, 4) is 17.2 Å². The van der Waals surface area contributed by atoms with Crippen LogP contribution < -0.4 is 15.1 Å². The molecule has 0 unspecified atom stereocenters. The maximum atomic E-state index is 11.5. The molecule has 0 aliphatic heterocycles. The average molecular weight is 376 g/mol. The van der Waals surface area contributed by atoms with Crippen LogP contribution in [0.1, 0.15) is 37.7 Å². The van der Waals surface area contributed by atoms with E-state index in [2.05, 4.69) is 32.9 Å². The van der Waals surface area contributed by atoms with E-state index in [1.165, 1.54) is 18.7 Å². The Labute approximate surface area is 165 Å². The van der Waals surface area contributed by atoms with Gasteiger partial charge in [0.2, 0.25) is 0 Å². The molecule has 2 aromatic carbocycles. The summed E-state index contributed by atoms with van der Waals surface area (Å²) >= 11 is 0. The van der Waals surface area contributed by atoms with Gasteiger partial charge >= 0.3 is 5.63 Å². The average Bonchev–Trinajstić information content (AvgIpc) is 2.66. The molecule has 0 radical (unpaired) electrons. The molecule has 0 amide bonds. The van der Waals surface area contributed by atoms with Crippen molar-refractivity contribution in [2.75, 3.05) is 7.11 Å². The molecule has 3 rings (SSSR count). The first-order valence-electron chi connectivity index (χ1n) is 9.09. The van der Waals surface area contributed by atoms with Gasteiger partial charge in [-0.25, -0.2) is 4.79 Å². The van der Waals surface area contributed by atoms with Crippen molar-refractivity contribution in [3.05, 3.63) is 88.0 Å². The zero-order valence-corrected chi connectivity index (χ0v) is 16.6. The van der Waals surface area contributed by atoms with Gasteiger partial charge in [0.25, 0.3) is 0 Å². The maximum Gasteiger partial charge on any atom is 0.339 e. The number of benzene rings is 2. The molecule has 3 aromatic rings. The predicted molar refractivity (Wildman–Crippen MR) is 112 cm³/mol. The van der Waals surface area contributed by atoms with Gasteiger partial charge in [-0.15, -0.1) is 0 Å². The zero-order valence-electron chi connectivity index (χ0n) is 16.6. The van der Waals surface area contributed by atoms with Gasteiger partial charge in [-0.3, -0.25) is 0 Å². The monoisotopic (exact) mass is 376 g/mol.